The van der Waals surface area contributed by atoms with E-state index in [4.69, 9.17) is 0 Å². The zero-order chi connectivity index (χ0) is 16.5. The smallest absolute Gasteiger partial charge is 0.274 e. The number of carbonyl (C=O) groups is 1. The zero-order valence-corrected chi connectivity index (χ0v) is 13.5. The second-order valence-corrected chi connectivity index (χ2v) is 5.93. The van der Waals surface area contributed by atoms with E-state index >= 15 is 0 Å². The molecule has 0 atom stereocenters. The summed E-state index contributed by atoms with van der Waals surface area (Å²) in [6.45, 7) is 3.04. The van der Waals surface area contributed by atoms with Gasteiger partial charge in [-0.2, -0.15) is 10.2 Å². The minimum absolute atomic E-state index is 0.00310. The van der Waals surface area contributed by atoms with Crippen molar-refractivity contribution >= 4 is 17.4 Å². The molecule has 3 aromatic rings. The first kappa shape index (κ1) is 14.7. The van der Waals surface area contributed by atoms with E-state index in [2.05, 4.69) is 20.1 Å². The van der Waals surface area contributed by atoms with Gasteiger partial charge in [0.1, 0.15) is 11.5 Å². The van der Waals surface area contributed by atoms with Crippen molar-refractivity contribution in [2.75, 3.05) is 31.1 Å². The van der Waals surface area contributed by atoms with Crippen LogP contribution in [0.5, 0.6) is 0 Å². The highest BCUT2D eigenvalue weighted by Gasteiger charge is 2.22. The molecule has 0 unspecified atom stereocenters. The molecule has 0 N–H and O–H groups in total. The van der Waals surface area contributed by atoms with E-state index in [9.17, 15) is 4.79 Å². The Morgan fingerprint density at radius 2 is 2.00 bits per heavy atom. The molecule has 0 bridgehead atoms. The van der Waals surface area contributed by atoms with E-state index in [-0.39, 0.29) is 5.91 Å². The van der Waals surface area contributed by atoms with Crippen molar-refractivity contribution < 1.29 is 4.79 Å². The Morgan fingerprint density at radius 1 is 1.08 bits per heavy atom. The molecule has 1 aliphatic heterocycles. The molecule has 0 aliphatic carbocycles. The van der Waals surface area contributed by atoms with E-state index in [1.165, 1.54) is 0 Å². The lowest BCUT2D eigenvalue weighted by atomic mass is 10.3. The van der Waals surface area contributed by atoms with Gasteiger partial charge in [0.05, 0.1) is 6.20 Å². The van der Waals surface area contributed by atoms with Crippen molar-refractivity contribution in [2.24, 2.45) is 7.05 Å². The van der Waals surface area contributed by atoms with Crippen LogP contribution in [0.2, 0.25) is 0 Å². The van der Waals surface area contributed by atoms with Crippen LogP contribution in [-0.4, -0.2) is 61.4 Å². The highest BCUT2D eigenvalue weighted by atomic mass is 16.2. The fourth-order valence-corrected chi connectivity index (χ4v) is 3.02. The third kappa shape index (κ3) is 2.70. The maximum absolute atomic E-state index is 12.6. The van der Waals surface area contributed by atoms with Crippen molar-refractivity contribution in [1.82, 2.24) is 29.3 Å². The predicted molar refractivity (Wildman–Crippen MR) is 88.9 cm³/mol. The maximum Gasteiger partial charge on any atom is 0.274 e. The molecule has 1 aliphatic rings. The first-order chi connectivity index (χ1) is 11.7. The molecule has 124 valence electrons. The summed E-state index contributed by atoms with van der Waals surface area (Å²) in [6, 6.07) is 5.62. The summed E-state index contributed by atoms with van der Waals surface area (Å²) in [4.78, 5) is 21.3. The van der Waals surface area contributed by atoms with Gasteiger partial charge in [0.15, 0.2) is 5.65 Å². The first-order valence-electron chi connectivity index (χ1n) is 8.05. The van der Waals surface area contributed by atoms with Gasteiger partial charge >= 0.3 is 0 Å². The molecule has 8 heteroatoms. The summed E-state index contributed by atoms with van der Waals surface area (Å²) in [6.07, 6.45) is 6.36. The molecule has 4 heterocycles. The molecule has 24 heavy (non-hydrogen) atoms. The lowest BCUT2D eigenvalue weighted by Gasteiger charge is -2.22. The number of aromatic nitrogens is 5. The van der Waals surface area contributed by atoms with E-state index in [1.54, 1.807) is 27.7 Å². The number of anilines is 1. The highest BCUT2D eigenvalue weighted by molar-refractivity contribution is 5.92. The molecule has 0 saturated carbocycles. The van der Waals surface area contributed by atoms with Gasteiger partial charge in [-0.3, -0.25) is 9.48 Å². The van der Waals surface area contributed by atoms with E-state index in [1.807, 2.05) is 30.3 Å². The quantitative estimate of drug-likeness (QED) is 0.697. The number of fused-ring (bicyclic) bond motifs is 1. The van der Waals surface area contributed by atoms with Crippen LogP contribution in [0, 0.1) is 0 Å². The number of rotatable bonds is 2. The zero-order valence-electron chi connectivity index (χ0n) is 13.5. The topological polar surface area (TPSA) is 71.6 Å². The number of carbonyl (C=O) groups excluding carboxylic acids is 1. The van der Waals surface area contributed by atoms with Gasteiger partial charge < -0.3 is 9.80 Å². The monoisotopic (exact) mass is 325 g/mol. The molecule has 1 saturated heterocycles. The Bertz CT molecular complexity index is 868. The van der Waals surface area contributed by atoms with Crippen LogP contribution in [-0.2, 0) is 7.05 Å². The van der Waals surface area contributed by atoms with Crippen molar-refractivity contribution in [2.45, 2.75) is 6.42 Å². The van der Waals surface area contributed by atoms with Crippen LogP contribution < -0.4 is 4.90 Å². The van der Waals surface area contributed by atoms with Gasteiger partial charge in [-0.1, -0.05) is 0 Å². The predicted octanol–water partition coefficient (Wildman–Crippen LogP) is 0.815. The average molecular weight is 325 g/mol. The highest BCUT2D eigenvalue weighted by Crippen LogP contribution is 2.16. The normalized spacial score (nSPS) is 15.7. The summed E-state index contributed by atoms with van der Waals surface area (Å²) >= 11 is 0. The van der Waals surface area contributed by atoms with Gasteiger partial charge in [-0.25, -0.2) is 9.50 Å². The lowest BCUT2D eigenvalue weighted by Crippen LogP contribution is -2.35. The summed E-state index contributed by atoms with van der Waals surface area (Å²) < 4.78 is 3.40. The molecule has 0 spiro atoms. The number of nitrogens with zero attached hydrogens (tertiary/aromatic N) is 7. The van der Waals surface area contributed by atoms with Crippen LogP contribution in [0.3, 0.4) is 0 Å². The fourth-order valence-electron chi connectivity index (χ4n) is 3.02. The third-order valence-electron chi connectivity index (χ3n) is 4.28. The molecular weight excluding hydrogens is 306 g/mol. The summed E-state index contributed by atoms with van der Waals surface area (Å²) in [5.74, 6) is 0.923. The third-order valence-corrected chi connectivity index (χ3v) is 4.28. The number of hydrogen-bond acceptors (Lipinski definition) is 5. The lowest BCUT2D eigenvalue weighted by molar-refractivity contribution is 0.0760. The van der Waals surface area contributed by atoms with Gasteiger partial charge in [0, 0.05) is 51.7 Å². The average Bonchev–Trinajstić information content (AvgIpc) is 3.16. The largest absolute Gasteiger partial charge is 0.355 e. The summed E-state index contributed by atoms with van der Waals surface area (Å²) in [5.41, 5.74) is 1.34. The Hall–Kier alpha value is -2.90. The molecule has 1 fully saturated rings. The van der Waals surface area contributed by atoms with E-state index in [0.717, 1.165) is 37.5 Å². The Morgan fingerprint density at radius 3 is 2.83 bits per heavy atom. The molecule has 4 rings (SSSR count). The van der Waals surface area contributed by atoms with Gasteiger partial charge in [-0.05, 0) is 18.6 Å². The van der Waals surface area contributed by atoms with Gasteiger partial charge in [0.2, 0.25) is 0 Å². The molecule has 0 radical (unpaired) electrons. The molecule has 8 nitrogen and oxygen atoms in total. The second kappa shape index (κ2) is 5.95. The van der Waals surface area contributed by atoms with Crippen molar-refractivity contribution in [3.05, 3.63) is 42.5 Å². The Kier molecular flexibility index (Phi) is 3.64. The van der Waals surface area contributed by atoms with Crippen molar-refractivity contribution in [3.63, 3.8) is 0 Å². The number of aryl methyl sites for hydroxylation is 1. The SMILES string of the molecule is Cn1ccc(C(=O)N2CCCN(c3ccn4nccc4n3)CC2)n1. The van der Waals surface area contributed by atoms with Crippen molar-refractivity contribution in [3.8, 4) is 0 Å². The van der Waals surface area contributed by atoms with Crippen LogP contribution in [0.15, 0.2) is 36.8 Å². The fraction of sp³-hybridized carbons (Fsp3) is 0.375. The summed E-state index contributed by atoms with van der Waals surface area (Å²) in [7, 11) is 1.82. The molecule has 3 aromatic heterocycles. The summed E-state index contributed by atoms with van der Waals surface area (Å²) in [5, 5.41) is 8.38. The maximum atomic E-state index is 12.6. The first-order valence-corrected chi connectivity index (χ1v) is 8.05. The molecule has 1 amide bonds. The van der Waals surface area contributed by atoms with Crippen LogP contribution in [0.25, 0.3) is 5.65 Å². The minimum Gasteiger partial charge on any atom is -0.355 e. The van der Waals surface area contributed by atoms with Crippen LogP contribution >= 0.6 is 0 Å². The second-order valence-electron chi connectivity index (χ2n) is 5.93. The Balaban J connectivity index is 1.48. The van der Waals surface area contributed by atoms with Crippen molar-refractivity contribution in [1.29, 1.82) is 0 Å². The molecular formula is C16H19N7O. The van der Waals surface area contributed by atoms with E-state index in [0.29, 0.717) is 12.2 Å². The van der Waals surface area contributed by atoms with Gasteiger partial charge in [-0.15, -0.1) is 0 Å². The van der Waals surface area contributed by atoms with Crippen LogP contribution in [0.4, 0.5) is 5.82 Å². The Labute approximate surface area is 139 Å². The standard InChI is InChI=1S/C16H19N7O/c1-20-9-4-13(19-20)16(24)22-8-2-7-21(11-12-22)14-5-10-23-15(18-14)3-6-17-23/h3-6,9-10H,2,7-8,11-12H2,1H3. The number of hydrogen-bond donors (Lipinski definition) is 0. The van der Waals surface area contributed by atoms with Crippen LogP contribution in [0.1, 0.15) is 16.9 Å². The molecule has 0 aromatic carbocycles. The van der Waals surface area contributed by atoms with Gasteiger partial charge in [0.25, 0.3) is 5.91 Å². The minimum atomic E-state index is -0.00310. The number of amides is 1. The van der Waals surface area contributed by atoms with E-state index < -0.39 is 0 Å².